The van der Waals surface area contributed by atoms with Gasteiger partial charge in [0.2, 0.25) is 0 Å². The Hall–Kier alpha value is -6.72. The highest BCUT2D eigenvalue weighted by Crippen LogP contribution is 2.63. The Morgan fingerprint density at radius 1 is 0.400 bits per heavy atom. The lowest BCUT2D eigenvalue weighted by molar-refractivity contribution is 0.752. The predicted molar refractivity (Wildman–Crippen MR) is 199 cm³/mol. The van der Waals surface area contributed by atoms with Crippen molar-refractivity contribution in [1.29, 1.82) is 0 Å². The third-order valence-electron chi connectivity index (χ3n) is 10.0. The normalized spacial score (nSPS) is 13.3. The molecule has 1 aliphatic carbocycles. The fourth-order valence-corrected chi connectivity index (χ4v) is 7.97. The van der Waals surface area contributed by atoms with Gasteiger partial charge < -0.3 is 4.90 Å². The van der Waals surface area contributed by atoms with Crippen LogP contribution in [0.3, 0.4) is 0 Å². The Balaban J connectivity index is 1.13. The molecule has 0 radical (unpaired) electrons. The number of hydrogen-bond donors (Lipinski definition) is 0. The molecule has 234 valence electrons. The minimum atomic E-state index is -0.432. The molecule has 0 unspecified atom stereocenters. The molecule has 0 N–H and O–H groups in total. The first kappa shape index (κ1) is 28.3. The summed E-state index contributed by atoms with van der Waals surface area (Å²) in [5, 5.41) is 0. The van der Waals surface area contributed by atoms with Gasteiger partial charge in [-0.05, 0) is 100 Å². The fourth-order valence-electron chi connectivity index (χ4n) is 7.97. The van der Waals surface area contributed by atoms with Crippen LogP contribution in [0.25, 0.3) is 45.3 Å². The lowest BCUT2D eigenvalue weighted by Crippen LogP contribution is -2.36. The van der Waals surface area contributed by atoms with Crippen molar-refractivity contribution in [3.63, 3.8) is 0 Å². The van der Waals surface area contributed by atoms with Crippen LogP contribution >= 0.6 is 0 Å². The molecule has 10 rings (SSSR count). The smallest absolute Gasteiger partial charge is 0.160 e. The summed E-state index contributed by atoms with van der Waals surface area (Å²) >= 11 is 0. The van der Waals surface area contributed by atoms with Gasteiger partial charge in [-0.25, -0.2) is 9.97 Å². The van der Waals surface area contributed by atoms with E-state index in [0.717, 1.165) is 45.4 Å². The van der Waals surface area contributed by atoms with Crippen LogP contribution in [-0.2, 0) is 5.41 Å². The fraction of sp³-hybridized carbons (Fsp3) is 0.0222. The molecule has 0 saturated carbocycles. The molecule has 0 bridgehead atoms. The van der Waals surface area contributed by atoms with Crippen LogP contribution in [0.1, 0.15) is 22.3 Å². The zero-order valence-electron chi connectivity index (χ0n) is 27.0. The number of fused-ring (bicyclic) bond motifs is 9. The van der Waals surface area contributed by atoms with E-state index in [0.29, 0.717) is 5.82 Å². The number of nitrogens with zero attached hydrogens (tertiary/aromatic N) is 5. The van der Waals surface area contributed by atoms with Crippen molar-refractivity contribution < 1.29 is 0 Å². The van der Waals surface area contributed by atoms with Crippen molar-refractivity contribution in [3.8, 4) is 45.3 Å². The lowest BCUT2D eigenvalue weighted by Gasteiger charge is -2.45. The summed E-state index contributed by atoms with van der Waals surface area (Å²) in [6.07, 6.45) is 3.57. The predicted octanol–water partition coefficient (Wildman–Crippen LogP) is 10.4. The number of pyridine rings is 2. The van der Waals surface area contributed by atoms with Gasteiger partial charge in [-0.3, -0.25) is 9.97 Å². The van der Waals surface area contributed by atoms with Gasteiger partial charge in [0.05, 0.1) is 39.6 Å². The molecule has 0 atom stereocenters. The second-order valence-corrected chi connectivity index (χ2v) is 12.6. The second kappa shape index (κ2) is 11.2. The SMILES string of the molecule is c1ccc(-c2cc(-c3ccccn3)nc(-c3ccc(N4c5ccccc5C5(c6ccccc6-c6ccccc65)c5ccccc54)cc3)n2)nc1. The molecule has 5 aromatic carbocycles. The number of aromatic nitrogens is 4. The van der Waals surface area contributed by atoms with Crippen molar-refractivity contribution in [3.05, 3.63) is 198 Å². The molecule has 1 spiro atoms. The molecular weight excluding hydrogens is 611 g/mol. The number of anilines is 3. The van der Waals surface area contributed by atoms with Gasteiger partial charge in [-0.1, -0.05) is 97.1 Å². The Labute approximate surface area is 290 Å². The first-order chi connectivity index (χ1) is 24.8. The second-order valence-electron chi connectivity index (χ2n) is 12.6. The molecule has 0 fully saturated rings. The van der Waals surface area contributed by atoms with Crippen LogP contribution in [0.2, 0.25) is 0 Å². The van der Waals surface area contributed by atoms with E-state index in [1.165, 1.54) is 33.4 Å². The third kappa shape index (κ3) is 4.13. The minimum Gasteiger partial charge on any atom is -0.310 e. The van der Waals surface area contributed by atoms with Crippen LogP contribution in [0.4, 0.5) is 17.1 Å². The Kier molecular flexibility index (Phi) is 6.33. The summed E-state index contributed by atoms with van der Waals surface area (Å²) in [5.74, 6) is 0.623. The maximum absolute atomic E-state index is 4.99. The van der Waals surface area contributed by atoms with Gasteiger partial charge in [0.25, 0.3) is 0 Å². The minimum absolute atomic E-state index is 0.432. The number of benzene rings is 5. The van der Waals surface area contributed by atoms with E-state index >= 15 is 0 Å². The molecule has 8 aromatic rings. The average Bonchev–Trinajstić information content (AvgIpc) is 3.49. The summed E-state index contributed by atoms with van der Waals surface area (Å²) in [7, 11) is 0. The highest BCUT2D eigenvalue weighted by Gasteiger charge is 2.51. The zero-order valence-corrected chi connectivity index (χ0v) is 27.0. The molecule has 3 aromatic heterocycles. The van der Waals surface area contributed by atoms with E-state index in [1.54, 1.807) is 12.4 Å². The van der Waals surface area contributed by atoms with Gasteiger partial charge in [0.15, 0.2) is 5.82 Å². The Morgan fingerprint density at radius 3 is 1.36 bits per heavy atom. The number of hydrogen-bond acceptors (Lipinski definition) is 5. The van der Waals surface area contributed by atoms with E-state index < -0.39 is 5.41 Å². The van der Waals surface area contributed by atoms with Crippen molar-refractivity contribution in [1.82, 2.24) is 19.9 Å². The summed E-state index contributed by atoms with van der Waals surface area (Å²) in [6.45, 7) is 0. The molecule has 50 heavy (non-hydrogen) atoms. The molecular formula is C45H29N5. The van der Waals surface area contributed by atoms with E-state index in [4.69, 9.17) is 9.97 Å². The van der Waals surface area contributed by atoms with E-state index in [9.17, 15) is 0 Å². The van der Waals surface area contributed by atoms with Crippen molar-refractivity contribution in [2.75, 3.05) is 4.90 Å². The Morgan fingerprint density at radius 2 is 0.860 bits per heavy atom. The maximum Gasteiger partial charge on any atom is 0.160 e. The molecule has 1 aliphatic heterocycles. The number of rotatable bonds is 4. The van der Waals surface area contributed by atoms with Crippen molar-refractivity contribution in [2.45, 2.75) is 5.41 Å². The maximum atomic E-state index is 4.99. The quantitative estimate of drug-likeness (QED) is 0.192. The van der Waals surface area contributed by atoms with Gasteiger partial charge >= 0.3 is 0 Å². The van der Waals surface area contributed by atoms with Crippen LogP contribution in [0, 0.1) is 0 Å². The largest absolute Gasteiger partial charge is 0.310 e. The molecule has 4 heterocycles. The third-order valence-corrected chi connectivity index (χ3v) is 10.0. The van der Waals surface area contributed by atoms with Crippen molar-refractivity contribution in [2.24, 2.45) is 0 Å². The molecule has 5 heteroatoms. The van der Waals surface area contributed by atoms with Gasteiger partial charge in [0, 0.05) is 23.6 Å². The summed E-state index contributed by atoms with van der Waals surface area (Å²) in [5.41, 5.74) is 14.7. The van der Waals surface area contributed by atoms with E-state index in [2.05, 4.69) is 136 Å². The first-order valence-electron chi connectivity index (χ1n) is 16.8. The van der Waals surface area contributed by atoms with E-state index in [1.807, 2.05) is 42.5 Å². The molecule has 0 amide bonds. The van der Waals surface area contributed by atoms with Crippen LogP contribution in [0.5, 0.6) is 0 Å². The van der Waals surface area contributed by atoms with Gasteiger partial charge in [0.1, 0.15) is 0 Å². The zero-order chi connectivity index (χ0) is 33.1. The van der Waals surface area contributed by atoms with Gasteiger partial charge in [-0.15, -0.1) is 0 Å². The highest BCUT2D eigenvalue weighted by molar-refractivity contribution is 5.95. The summed E-state index contributed by atoms with van der Waals surface area (Å²) in [6, 6.07) is 57.8. The first-order valence-corrected chi connectivity index (χ1v) is 16.8. The Bertz CT molecular complexity index is 2390. The lowest BCUT2D eigenvalue weighted by atomic mass is 9.64. The molecule has 5 nitrogen and oxygen atoms in total. The molecule has 2 aliphatic rings. The summed E-state index contributed by atoms with van der Waals surface area (Å²) in [4.78, 5) is 21.5. The standard InChI is InChI=1S/C45H29N5/c1-3-15-34-32(13-1)33-14-2-4-16-35(33)45(34)36-17-5-7-21-42(36)50(43-22-8-6-18-37(43)45)31-25-23-30(24-26-31)44-48-40(38-19-9-11-27-46-38)29-41(49-44)39-20-10-12-28-47-39/h1-29H. The van der Waals surface area contributed by atoms with Gasteiger partial charge in [-0.2, -0.15) is 0 Å². The average molecular weight is 640 g/mol. The summed E-state index contributed by atoms with van der Waals surface area (Å²) < 4.78 is 0. The highest BCUT2D eigenvalue weighted by atomic mass is 15.2. The van der Waals surface area contributed by atoms with Crippen LogP contribution in [-0.4, -0.2) is 19.9 Å². The van der Waals surface area contributed by atoms with Crippen LogP contribution < -0.4 is 4.90 Å². The number of para-hydroxylation sites is 2. The topological polar surface area (TPSA) is 54.8 Å². The van der Waals surface area contributed by atoms with E-state index in [-0.39, 0.29) is 0 Å². The van der Waals surface area contributed by atoms with Crippen LogP contribution in [0.15, 0.2) is 176 Å². The molecule has 0 saturated heterocycles. The monoisotopic (exact) mass is 639 g/mol. The van der Waals surface area contributed by atoms with Crippen molar-refractivity contribution >= 4 is 17.1 Å².